The highest BCUT2D eigenvalue weighted by Gasteiger charge is 2.37. The van der Waals surface area contributed by atoms with Crippen LogP contribution in [0.15, 0.2) is 11.1 Å². The highest BCUT2D eigenvalue weighted by atomic mass is 32.2. The van der Waals surface area contributed by atoms with Gasteiger partial charge in [0.05, 0.1) is 17.9 Å². The Labute approximate surface area is 129 Å². The highest BCUT2D eigenvalue weighted by molar-refractivity contribution is 7.90. The maximum absolute atomic E-state index is 12.8. The van der Waals surface area contributed by atoms with Gasteiger partial charge < -0.3 is 9.64 Å². The largest absolute Gasteiger partial charge is 0.381 e. The minimum absolute atomic E-state index is 0.0149. The van der Waals surface area contributed by atoms with Crippen molar-refractivity contribution in [1.82, 2.24) is 15.1 Å². The van der Waals surface area contributed by atoms with E-state index >= 15 is 0 Å². The van der Waals surface area contributed by atoms with E-state index in [2.05, 4.69) is 10.2 Å². The highest BCUT2D eigenvalue weighted by Crippen LogP contribution is 2.36. The van der Waals surface area contributed by atoms with Crippen LogP contribution in [0.1, 0.15) is 37.4 Å². The second-order valence-corrected chi connectivity index (χ2v) is 7.98. The number of amides is 1. The number of aromatic nitrogens is 2. The zero-order chi connectivity index (χ0) is 15.7. The Morgan fingerprint density at radius 1 is 1.36 bits per heavy atom. The lowest BCUT2D eigenvalue weighted by molar-refractivity contribution is -0.139. The summed E-state index contributed by atoms with van der Waals surface area (Å²) in [5.41, 5.74) is 0.542. The monoisotopic (exact) mass is 327 g/mol. The predicted octanol–water partition coefficient (Wildman–Crippen LogP) is 0.903. The number of nitrogens with one attached hydrogen (secondary N) is 1. The fourth-order valence-electron chi connectivity index (χ4n) is 3.33. The van der Waals surface area contributed by atoms with Crippen LogP contribution in [0.2, 0.25) is 0 Å². The molecule has 1 aromatic heterocycles. The van der Waals surface area contributed by atoms with Crippen LogP contribution in [0.3, 0.4) is 0 Å². The third kappa shape index (κ3) is 2.89. The first-order valence-corrected chi connectivity index (χ1v) is 9.49. The Morgan fingerprint density at radius 2 is 2.09 bits per heavy atom. The summed E-state index contributed by atoms with van der Waals surface area (Å²) >= 11 is 0. The molecule has 0 saturated carbocycles. The van der Waals surface area contributed by atoms with Gasteiger partial charge in [-0.05, 0) is 25.7 Å². The van der Waals surface area contributed by atoms with E-state index in [0.29, 0.717) is 25.5 Å². The van der Waals surface area contributed by atoms with Gasteiger partial charge in [0.1, 0.15) is 4.90 Å². The number of likely N-dealkylation sites (tertiary alicyclic amines) is 1. The van der Waals surface area contributed by atoms with Crippen LogP contribution < -0.4 is 0 Å². The molecule has 2 aliphatic rings. The van der Waals surface area contributed by atoms with Crippen molar-refractivity contribution in [2.75, 3.05) is 26.0 Å². The molecule has 0 spiro atoms. The van der Waals surface area contributed by atoms with Crippen LogP contribution in [0.4, 0.5) is 0 Å². The van der Waals surface area contributed by atoms with Crippen LogP contribution in [0.25, 0.3) is 0 Å². The summed E-state index contributed by atoms with van der Waals surface area (Å²) in [5, 5.41) is 6.67. The van der Waals surface area contributed by atoms with Crippen LogP contribution in [0.5, 0.6) is 0 Å². The molecule has 2 fully saturated rings. The maximum atomic E-state index is 12.8. The van der Waals surface area contributed by atoms with E-state index in [1.54, 1.807) is 0 Å². The molecule has 22 heavy (non-hydrogen) atoms. The van der Waals surface area contributed by atoms with Gasteiger partial charge in [-0.1, -0.05) is 0 Å². The third-order valence-corrected chi connectivity index (χ3v) is 5.60. The molecule has 0 aromatic carbocycles. The van der Waals surface area contributed by atoms with Gasteiger partial charge in [-0.25, -0.2) is 8.42 Å². The van der Waals surface area contributed by atoms with E-state index in [9.17, 15) is 13.2 Å². The fraction of sp³-hybridized carbons (Fsp3) is 0.714. The first-order valence-electron chi connectivity index (χ1n) is 7.60. The summed E-state index contributed by atoms with van der Waals surface area (Å²) in [7, 11) is -3.35. The smallest absolute Gasteiger partial charge is 0.226 e. The van der Waals surface area contributed by atoms with Crippen molar-refractivity contribution in [3.63, 3.8) is 0 Å². The SMILES string of the molecule is CS(=O)(=O)c1cn[nH]c1[C@@H]1CCCN1C(=O)C1CCOCC1. The molecule has 2 aliphatic heterocycles. The molecular formula is C14H21N3O4S. The average molecular weight is 327 g/mol. The first kappa shape index (κ1) is 15.5. The molecule has 0 bridgehead atoms. The van der Waals surface area contributed by atoms with Gasteiger partial charge in [0.15, 0.2) is 9.84 Å². The van der Waals surface area contributed by atoms with Crippen molar-refractivity contribution < 1.29 is 17.9 Å². The van der Waals surface area contributed by atoms with Crippen molar-refractivity contribution >= 4 is 15.7 Å². The number of carbonyl (C=O) groups excluding carboxylic acids is 1. The minimum atomic E-state index is -3.35. The maximum Gasteiger partial charge on any atom is 0.226 e. The Hall–Kier alpha value is -1.41. The van der Waals surface area contributed by atoms with Crippen molar-refractivity contribution in [3.05, 3.63) is 11.9 Å². The van der Waals surface area contributed by atoms with Gasteiger partial charge >= 0.3 is 0 Å². The molecule has 3 heterocycles. The number of hydrogen-bond acceptors (Lipinski definition) is 5. The molecule has 1 amide bonds. The number of nitrogens with zero attached hydrogens (tertiary/aromatic N) is 2. The Morgan fingerprint density at radius 3 is 2.77 bits per heavy atom. The molecule has 0 radical (unpaired) electrons. The topological polar surface area (TPSA) is 92.4 Å². The number of hydrogen-bond donors (Lipinski definition) is 1. The lowest BCUT2D eigenvalue weighted by Crippen LogP contribution is -2.38. The van der Waals surface area contributed by atoms with Gasteiger partial charge in [0.2, 0.25) is 5.91 Å². The number of aromatic amines is 1. The summed E-state index contributed by atoms with van der Waals surface area (Å²) in [5.74, 6) is 0.0961. The number of ether oxygens (including phenoxy) is 1. The Kier molecular flexibility index (Phi) is 4.22. The summed E-state index contributed by atoms with van der Waals surface area (Å²) < 4.78 is 29.0. The van der Waals surface area contributed by atoms with Crippen molar-refractivity contribution in [2.45, 2.75) is 36.6 Å². The molecule has 1 aromatic rings. The molecule has 122 valence electrons. The lowest BCUT2D eigenvalue weighted by atomic mass is 9.98. The van der Waals surface area contributed by atoms with Gasteiger partial charge in [-0.15, -0.1) is 0 Å². The third-order valence-electron chi connectivity index (χ3n) is 4.47. The van der Waals surface area contributed by atoms with E-state index in [0.717, 1.165) is 25.7 Å². The summed E-state index contributed by atoms with van der Waals surface area (Å²) in [6.45, 7) is 1.91. The predicted molar refractivity (Wildman–Crippen MR) is 78.9 cm³/mol. The summed E-state index contributed by atoms with van der Waals surface area (Å²) in [6, 6.07) is -0.220. The molecule has 1 N–H and O–H groups in total. The molecule has 2 saturated heterocycles. The van der Waals surface area contributed by atoms with E-state index in [-0.39, 0.29) is 22.8 Å². The minimum Gasteiger partial charge on any atom is -0.381 e. The molecular weight excluding hydrogens is 306 g/mol. The average Bonchev–Trinajstić information content (AvgIpc) is 3.15. The second-order valence-electron chi connectivity index (χ2n) is 6.00. The second kappa shape index (κ2) is 6.00. The van der Waals surface area contributed by atoms with Crippen molar-refractivity contribution in [3.8, 4) is 0 Å². The summed E-state index contributed by atoms with van der Waals surface area (Å²) in [4.78, 5) is 14.8. The first-order chi connectivity index (χ1) is 10.5. The van der Waals surface area contributed by atoms with Gasteiger partial charge in [0, 0.05) is 31.9 Å². The van der Waals surface area contributed by atoms with Gasteiger partial charge in [-0.3, -0.25) is 9.89 Å². The molecule has 3 rings (SSSR count). The number of H-pyrrole nitrogens is 1. The zero-order valence-corrected chi connectivity index (χ0v) is 13.4. The van der Waals surface area contributed by atoms with Gasteiger partial charge in [-0.2, -0.15) is 5.10 Å². The van der Waals surface area contributed by atoms with E-state index < -0.39 is 9.84 Å². The lowest BCUT2D eigenvalue weighted by Gasteiger charge is -2.30. The van der Waals surface area contributed by atoms with Crippen LogP contribution in [-0.2, 0) is 19.4 Å². The quantitative estimate of drug-likeness (QED) is 0.890. The fourth-order valence-corrected chi connectivity index (χ4v) is 4.15. The summed E-state index contributed by atoms with van der Waals surface area (Å²) in [6.07, 6.45) is 5.62. The molecule has 7 nitrogen and oxygen atoms in total. The number of sulfone groups is 1. The molecule has 0 unspecified atom stereocenters. The number of carbonyl (C=O) groups is 1. The molecule has 1 atom stereocenters. The van der Waals surface area contributed by atoms with Crippen LogP contribution in [0, 0.1) is 5.92 Å². The van der Waals surface area contributed by atoms with E-state index in [4.69, 9.17) is 4.74 Å². The van der Waals surface area contributed by atoms with Crippen molar-refractivity contribution in [2.24, 2.45) is 5.92 Å². The zero-order valence-electron chi connectivity index (χ0n) is 12.6. The van der Waals surface area contributed by atoms with Crippen molar-refractivity contribution in [1.29, 1.82) is 0 Å². The molecule has 8 heteroatoms. The standard InChI is InChI=1S/C14H21N3O4S/c1-22(19,20)12-9-15-16-13(12)11-3-2-6-17(11)14(18)10-4-7-21-8-5-10/h9-11H,2-8H2,1H3,(H,15,16)/t11-/m0/s1. The Bertz CT molecular complexity index is 649. The normalized spacial score (nSPS) is 23.9. The number of rotatable bonds is 3. The van der Waals surface area contributed by atoms with E-state index in [1.807, 2.05) is 4.90 Å². The van der Waals surface area contributed by atoms with E-state index in [1.165, 1.54) is 12.5 Å². The van der Waals surface area contributed by atoms with Crippen LogP contribution in [-0.4, -0.2) is 55.4 Å². The Balaban J connectivity index is 1.84. The molecule has 0 aliphatic carbocycles. The van der Waals surface area contributed by atoms with Gasteiger partial charge in [0.25, 0.3) is 0 Å². The van der Waals surface area contributed by atoms with Crippen LogP contribution >= 0.6 is 0 Å².